The molecule has 0 bridgehead atoms. The molecule has 1 fully saturated rings. The zero-order valence-electron chi connectivity index (χ0n) is 16.0. The minimum absolute atomic E-state index is 0.114. The highest BCUT2D eigenvalue weighted by Crippen LogP contribution is 2.27. The second-order valence-electron chi connectivity index (χ2n) is 7.80. The van der Waals surface area contributed by atoms with E-state index in [4.69, 9.17) is 0 Å². The van der Waals surface area contributed by atoms with Gasteiger partial charge in [-0.2, -0.15) is 0 Å². The maximum Gasteiger partial charge on any atom is 0.162 e. The zero-order chi connectivity index (χ0) is 19.3. The number of hydrogen-bond acceptors (Lipinski definition) is 4. The van der Waals surface area contributed by atoms with Crippen LogP contribution in [-0.2, 0) is 6.42 Å². The van der Waals surface area contributed by atoms with Crippen molar-refractivity contribution in [3.63, 3.8) is 0 Å². The monoisotopic (exact) mass is 367 g/mol. The van der Waals surface area contributed by atoms with Crippen LogP contribution in [-0.4, -0.2) is 46.1 Å². The molecule has 0 unspecified atom stereocenters. The van der Waals surface area contributed by atoms with Gasteiger partial charge in [-0.05, 0) is 62.6 Å². The number of benzene rings is 2. The number of aliphatic hydroxyl groups is 1. The van der Waals surface area contributed by atoms with Gasteiger partial charge in [-0.15, -0.1) is 0 Å². The quantitative estimate of drug-likeness (QED) is 0.732. The molecular formula is C23H29NO3. The number of rotatable bonds is 7. The van der Waals surface area contributed by atoms with Crippen molar-refractivity contribution in [2.24, 2.45) is 0 Å². The van der Waals surface area contributed by atoms with Crippen molar-refractivity contribution >= 4 is 5.78 Å². The molecule has 0 spiro atoms. The molecule has 1 saturated heterocycles. The molecule has 4 nitrogen and oxygen atoms in total. The number of likely N-dealkylation sites (tertiary alicyclic amines) is 1. The Bertz CT molecular complexity index is 744. The average molecular weight is 367 g/mol. The lowest BCUT2D eigenvalue weighted by Crippen LogP contribution is -2.45. The Morgan fingerprint density at radius 1 is 1.04 bits per heavy atom. The van der Waals surface area contributed by atoms with Crippen molar-refractivity contribution in [1.82, 2.24) is 4.90 Å². The van der Waals surface area contributed by atoms with Crippen LogP contribution in [0.1, 0.15) is 47.2 Å². The third kappa shape index (κ3) is 5.65. The molecule has 0 amide bonds. The number of carbonyl (C=O) groups excluding carboxylic acids is 1. The summed E-state index contributed by atoms with van der Waals surface area (Å²) < 4.78 is 0. The topological polar surface area (TPSA) is 60.8 Å². The van der Waals surface area contributed by atoms with Crippen molar-refractivity contribution in [3.8, 4) is 5.75 Å². The van der Waals surface area contributed by atoms with Gasteiger partial charge < -0.3 is 15.1 Å². The first-order valence-corrected chi connectivity index (χ1v) is 9.76. The maximum atomic E-state index is 12.2. The number of phenols is 1. The predicted octanol–water partition coefficient (Wildman–Crippen LogP) is 3.73. The van der Waals surface area contributed by atoms with E-state index in [1.807, 2.05) is 0 Å². The molecule has 0 aliphatic carbocycles. The fraction of sp³-hybridized carbons (Fsp3) is 0.435. The highest BCUT2D eigenvalue weighted by molar-refractivity contribution is 5.96. The second-order valence-corrected chi connectivity index (χ2v) is 7.80. The van der Waals surface area contributed by atoms with E-state index < -0.39 is 5.60 Å². The number of carbonyl (C=O) groups is 1. The smallest absolute Gasteiger partial charge is 0.162 e. The van der Waals surface area contributed by atoms with Gasteiger partial charge in [0, 0.05) is 31.5 Å². The molecule has 1 heterocycles. The number of nitrogens with zero attached hydrogens (tertiary/aromatic N) is 1. The Labute approximate surface area is 161 Å². The van der Waals surface area contributed by atoms with E-state index in [-0.39, 0.29) is 11.5 Å². The van der Waals surface area contributed by atoms with E-state index in [0.29, 0.717) is 18.4 Å². The number of phenolic OH excluding ortho intramolecular Hbond substituents is 1. The molecule has 0 saturated carbocycles. The Balaban J connectivity index is 1.40. The van der Waals surface area contributed by atoms with Gasteiger partial charge in [-0.25, -0.2) is 0 Å². The Hall–Kier alpha value is -2.17. The number of piperidine rings is 1. The van der Waals surface area contributed by atoms with Gasteiger partial charge in [0.05, 0.1) is 5.60 Å². The van der Waals surface area contributed by atoms with Gasteiger partial charge in [-0.3, -0.25) is 4.79 Å². The van der Waals surface area contributed by atoms with Gasteiger partial charge in [0.2, 0.25) is 0 Å². The Morgan fingerprint density at radius 2 is 1.67 bits per heavy atom. The van der Waals surface area contributed by atoms with Crippen LogP contribution >= 0.6 is 0 Å². The highest BCUT2D eigenvalue weighted by atomic mass is 16.3. The minimum Gasteiger partial charge on any atom is -0.508 e. The molecule has 2 aromatic carbocycles. The first kappa shape index (κ1) is 19.6. The lowest BCUT2D eigenvalue weighted by Gasteiger charge is -2.38. The van der Waals surface area contributed by atoms with E-state index in [1.54, 1.807) is 24.3 Å². The van der Waals surface area contributed by atoms with E-state index >= 15 is 0 Å². The molecule has 1 aliphatic heterocycles. The Kier molecular flexibility index (Phi) is 6.30. The molecule has 4 heteroatoms. The number of aryl methyl sites for hydroxylation is 1. The molecule has 2 aromatic rings. The largest absolute Gasteiger partial charge is 0.508 e. The molecule has 3 rings (SSSR count). The summed E-state index contributed by atoms with van der Waals surface area (Å²) in [5.41, 5.74) is 2.46. The number of aromatic hydroxyl groups is 1. The summed E-state index contributed by atoms with van der Waals surface area (Å²) in [5, 5.41) is 20.2. The van der Waals surface area contributed by atoms with Crippen LogP contribution in [0.3, 0.4) is 0 Å². The summed E-state index contributed by atoms with van der Waals surface area (Å²) in [6.07, 6.45) is 3.57. The minimum atomic E-state index is -0.617. The third-order valence-corrected chi connectivity index (χ3v) is 5.51. The van der Waals surface area contributed by atoms with Crippen LogP contribution in [0.2, 0.25) is 0 Å². The lowest BCUT2D eigenvalue weighted by atomic mass is 9.85. The van der Waals surface area contributed by atoms with Crippen LogP contribution in [0.5, 0.6) is 5.75 Å². The first-order chi connectivity index (χ1) is 12.9. The van der Waals surface area contributed by atoms with Crippen LogP contribution < -0.4 is 0 Å². The summed E-state index contributed by atoms with van der Waals surface area (Å²) in [7, 11) is 0. The van der Waals surface area contributed by atoms with Crippen LogP contribution in [0.25, 0.3) is 0 Å². The Morgan fingerprint density at radius 3 is 2.30 bits per heavy atom. The van der Waals surface area contributed by atoms with E-state index in [0.717, 1.165) is 38.9 Å². The SMILES string of the molecule is Cc1ccc(CC2(O)CCN(CCCC(=O)c3ccc(O)cc3)CC2)cc1. The number of Topliss-reactive ketones (excluding diaryl/α,β-unsaturated/α-hetero) is 1. The van der Waals surface area contributed by atoms with Gasteiger partial charge in [0.15, 0.2) is 5.78 Å². The molecule has 1 aliphatic rings. The van der Waals surface area contributed by atoms with Gasteiger partial charge in [0.25, 0.3) is 0 Å². The summed E-state index contributed by atoms with van der Waals surface area (Å²) >= 11 is 0. The van der Waals surface area contributed by atoms with Gasteiger partial charge >= 0.3 is 0 Å². The van der Waals surface area contributed by atoms with E-state index in [2.05, 4.69) is 36.1 Å². The van der Waals surface area contributed by atoms with E-state index in [9.17, 15) is 15.0 Å². The first-order valence-electron chi connectivity index (χ1n) is 9.76. The van der Waals surface area contributed by atoms with Gasteiger partial charge in [0.1, 0.15) is 5.75 Å². The summed E-state index contributed by atoms with van der Waals surface area (Å²) in [6, 6.07) is 14.8. The van der Waals surface area contributed by atoms with Crippen molar-refractivity contribution in [1.29, 1.82) is 0 Å². The molecule has 0 radical (unpaired) electrons. The van der Waals surface area contributed by atoms with Crippen molar-refractivity contribution in [3.05, 3.63) is 65.2 Å². The normalized spacial score (nSPS) is 17.0. The standard InChI is InChI=1S/C23H29NO3/c1-18-4-6-19(7-5-18)17-23(27)12-15-24(16-13-23)14-2-3-22(26)20-8-10-21(25)11-9-20/h4-11,25,27H,2-3,12-17H2,1H3. The number of ketones is 1. The fourth-order valence-electron chi connectivity index (χ4n) is 3.71. The van der Waals surface area contributed by atoms with Crippen LogP contribution in [0.4, 0.5) is 0 Å². The molecule has 2 N–H and O–H groups in total. The zero-order valence-corrected chi connectivity index (χ0v) is 16.0. The number of hydrogen-bond donors (Lipinski definition) is 2. The molecule has 144 valence electrons. The van der Waals surface area contributed by atoms with Gasteiger partial charge in [-0.1, -0.05) is 29.8 Å². The molecule has 27 heavy (non-hydrogen) atoms. The highest BCUT2D eigenvalue weighted by Gasteiger charge is 2.32. The third-order valence-electron chi connectivity index (χ3n) is 5.51. The van der Waals surface area contributed by atoms with Crippen molar-refractivity contribution in [2.75, 3.05) is 19.6 Å². The summed E-state index contributed by atoms with van der Waals surface area (Å²) in [6.45, 7) is 4.69. The molecular weight excluding hydrogens is 338 g/mol. The molecule has 0 aromatic heterocycles. The second kappa shape index (κ2) is 8.68. The lowest BCUT2D eigenvalue weighted by molar-refractivity contribution is -0.0207. The van der Waals surface area contributed by atoms with Crippen LogP contribution in [0, 0.1) is 6.92 Å². The molecule has 0 atom stereocenters. The summed E-state index contributed by atoms with van der Waals surface area (Å²) in [5.74, 6) is 0.292. The van der Waals surface area contributed by atoms with Crippen molar-refractivity contribution < 1.29 is 15.0 Å². The average Bonchev–Trinajstić information content (AvgIpc) is 2.66. The summed E-state index contributed by atoms with van der Waals surface area (Å²) in [4.78, 5) is 14.5. The van der Waals surface area contributed by atoms with Crippen LogP contribution in [0.15, 0.2) is 48.5 Å². The maximum absolute atomic E-state index is 12.2. The van der Waals surface area contributed by atoms with Crippen molar-refractivity contribution in [2.45, 2.75) is 44.6 Å². The predicted molar refractivity (Wildman–Crippen MR) is 107 cm³/mol. The van der Waals surface area contributed by atoms with E-state index in [1.165, 1.54) is 11.1 Å². The fourth-order valence-corrected chi connectivity index (χ4v) is 3.71.